The molecule has 0 spiro atoms. The van der Waals surface area contributed by atoms with Gasteiger partial charge in [-0.2, -0.15) is 18.3 Å². The molecule has 2 aromatic rings. The molecule has 0 aliphatic carbocycles. The van der Waals surface area contributed by atoms with Crippen LogP contribution in [0.1, 0.15) is 11.3 Å². The standard InChI is InChI=1S/C11H7F5N2O/c12-7-3-6(5-19)4-8(13)10(7)18-2-1-9(17-18)11(14,15)16/h1-4,19H,5H2. The van der Waals surface area contributed by atoms with Crippen molar-refractivity contribution in [2.75, 3.05) is 0 Å². The summed E-state index contributed by atoms with van der Waals surface area (Å²) in [5.74, 6) is -2.22. The molecule has 8 heteroatoms. The number of hydrogen-bond donors (Lipinski definition) is 1. The van der Waals surface area contributed by atoms with E-state index in [1.54, 1.807) is 0 Å². The summed E-state index contributed by atoms with van der Waals surface area (Å²) < 4.78 is 64.7. The Balaban J connectivity index is 2.51. The zero-order chi connectivity index (χ0) is 14.2. The van der Waals surface area contributed by atoms with Crippen LogP contribution in [0.15, 0.2) is 24.4 Å². The lowest BCUT2D eigenvalue weighted by Crippen LogP contribution is -2.09. The Morgan fingerprint density at radius 2 is 1.74 bits per heavy atom. The van der Waals surface area contributed by atoms with Crippen LogP contribution in [0.3, 0.4) is 0 Å². The van der Waals surface area contributed by atoms with Crippen molar-refractivity contribution in [3.63, 3.8) is 0 Å². The Hall–Kier alpha value is -1.96. The van der Waals surface area contributed by atoms with Crippen molar-refractivity contribution >= 4 is 0 Å². The Labute approximate surface area is 103 Å². The van der Waals surface area contributed by atoms with Gasteiger partial charge in [0.05, 0.1) is 6.61 Å². The van der Waals surface area contributed by atoms with Gasteiger partial charge in [-0.05, 0) is 23.8 Å². The van der Waals surface area contributed by atoms with E-state index in [0.717, 1.165) is 18.3 Å². The maximum atomic E-state index is 13.6. The molecule has 2 rings (SSSR count). The van der Waals surface area contributed by atoms with E-state index >= 15 is 0 Å². The second kappa shape index (κ2) is 4.61. The summed E-state index contributed by atoms with van der Waals surface area (Å²) in [7, 11) is 0. The van der Waals surface area contributed by atoms with Crippen LogP contribution in [-0.4, -0.2) is 14.9 Å². The van der Waals surface area contributed by atoms with Crippen LogP contribution in [-0.2, 0) is 12.8 Å². The fourth-order valence-corrected chi connectivity index (χ4v) is 1.53. The molecule has 0 amide bonds. The van der Waals surface area contributed by atoms with Crippen molar-refractivity contribution < 1.29 is 27.1 Å². The zero-order valence-corrected chi connectivity index (χ0v) is 9.25. The lowest BCUT2D eigenvalue weighted by Gasteiger charge is -2.07. The van der Waals surface area contributed by atoms with E-state index in [-0.39, 0.29) is 5.56 Å². The highest BCUT2D eigenvalue weighted by Gasteiger charge is 2.34. The van der Waals surface area contributed by atoms with E-state index in [1.807, 2.05) is 0 Å². The number of aliphatic hydroxyl groups excluding tert-OH is 1. The molecule has 3 nitrogen and oxygen atoms in total. The average molecular weight is 278 g/mol. The van der Waals surface area contributed by atoms with E-state index in [0.29, 0.717) is 10.7 Å². The van der Waals surface area contributed by atoms with Crippen LogP contribution >= 0.6 is 0 Å². The van der Waals surface area contributed by atoms with Crippen molar-refractivity contribution in [1.82, 2.24) is 9.78 Å². The molecule has 0 unspecified atom stereocenters. The first-order valence-corrected chi connectivity index (χ1v) is 5.05. The van der Waals surface area contributed by atoms with Crippen LogP contribution in [0, 0.1) is 11.6 Å². The van der Waals surface area contributed by atoms with E-state index in [2.05, 4.69) is 5.10 Å². The number of rotatable bonds is 2. The third-order valence-electron chi connectivity index (χ3n) is 2.37. The Bertz CT molecular complexity index is 582. The molecule has 0 aliphatic rings. The number of aliphatic hydroxyl groups is 1. The highest BCUT2D eigenvalue weighted by atomic mass is 19.4. The van der Waals surface area contributed by atoms with Gasteiger partial charge >= 0.3 is 6.18 Å². The molecule has 0 radical (unpaired) electrons. The maximum absolute atomic E-state index is 13.6. The molecule has 1 aromatic heterocycles. The SMILES string of the molecule is OCc1cc(F)c(-n2ccc(C(F)(F)F)n2)c(F)c1. The predicted octanol–water partition coefficient (Wildman–Crippen LogP) is 2.66. The van der Waals surface area contributed by atoms with Gasteiger partial charge in [0.1, 0.15) is 5.69 Å². The topological polar surface area (TPSA) is 38.0 Å². The first-order chi connectivity index (χ1) is 8.82. The van der Waals surface area contributed by atoms with Gasteiger partial charge in [0, 0.05) is 6.20 Å². The van der Waals surface area contributed by atoms with E-state index in [4.69, 9.17) is 5.11 Å². The van der Waals surface area contributed by atoms with Crippen molar-refractivity contribution in [2.45, 2.75) is 12.8 Å². The molecule has 0 saturated carbocycles. The van der Waals surface area contributed by atoms with Gasteiger partial charge in [-0.3, -0.25) is 0 Å². The number of aromatic nitrogens is 2. The normalized spacial score (nSPS) is 11.9. The summed E-state index contributed by atoms with van der Waals surface area (Å²) in [6.07, 6.45) is -3.88. The fraction of sp³-hybridized carbons (Fsp3) is 0.182. The molecule has 0 bridgehead atoms. The second-order valence-corrected chi connectivity index (χ2v) is 3.71. The molecule has 1 heterocycles. The van der Waals surface area contributed by atoms with Gasteiger partial charge in [0.2, 0.25) is 0 Å². The van der Waals surface area contributed by atoms with E-state index in [9.17, 15) is 22.0 Å². The number of halogens is 5. The Morgan fingerprint density at radius 1 is 1.16 bits per heavy atom. The summed E-state index contributed by atoms with van der Waals surface area (Å²) in [5.41, 5.74) is -2.01. The molecular weight excluding hydrogens is 271 g/mol. The predicted molar refractivity (Wildman–Crippen MR) is 54.4 cm³/mol. The first kappa shape index (κ1) is 13.5. The lowest BCUT2D eigenvalue weighted by molar-refractivity contribution is -0.141. The minimum atomic E-state index is -4.69. The number of benzene rings is 1. The first-order valence-electron chi connectivity index (χ1n) is 5.05. The molecule has 1 aromatic carbocycles. The summed E-state index contributed by atoms with van der Waals surface area (Å²) in [5, 5.41) is 11.8. The maximum Gasteiger partial charge on any atom is 0.435 e. The zero-order valence-electron chi connectivity index (χ0n) is 9.25. The summed E-state index contributed by atoms with van der Waals surface area (Å²) in [6.45, 7) is -0.582. The molecule has 19 heavy (non-hydrogen) atoms. The van der Waals surface area contributed by atoms with Gasteiger partial charge in [0.25, 0.3) is 0 Å². The summed E-state index contributed by atoms with van der Waals surface area (Å²) >= 11 is 0. The summed E-state index contributed by atoms with van der Waals surface area (Å²) in [4.78, 5) is 0. The van der Waals surface area contributed by atoms with Gasteiger partial charge in [-0.25, -0.2) is 13.5 Å². The summed E-state index contributed by atoms with van der Waals surface area (Å²) in [6, 6.07) is 2.26. The molecule has 0 saturated heterocycles. The average Bonchev–Trinajstić information content (AvgIpc) is 2.76. The van der Waals surface area contributed by atoms with Gasteiger partial charge in [-0.15, -0.1) is 0 Å². The molecule has 0 fully saturated rings. The van der Waals surface area contributed by atoms with Crippen LogP contribution in [0.5, 0.6) is 0 Å². The highest BCUT2D eigenvalue weighted by Crippen LogP contribution is 2.28. The van der Waals surface area contributed by atoms with Crippen molar-refractivity contribution in [1.29, 1.82) is 0 Å². The van der Waals surface area contributed by atoms with E-state index in [1.165, 1.54) is 0 Å². The quantitative estimate of drug-likeness (QED) is 0.858. The highest BCUT2D eigenvalue weighted by molar-refractivity contribution is 5.37. The molecule has 0 atom stereocenters. The second-order valence-electron chi connectivity index (χ2n) is 3.71. The van der Waals surface area contributed by atoms with Gasteiger partial charge < -0.3 is 5.11 Å². The Kier molecular flexibility index (Phi) is 3.27. The number of alkyl halides is 3. The van der Waals surface area contributed by atoms with E-state index < -0.39 is 35.8 Å². The van der Waals surface area contributed by atoms with Crippen molar-refractivity contribution in [2.24, 2.45) is 0 Å². The van der Waals surface area contributed by atoms with Crippen molar-refractivity contribution in [3.05, 3.63) is 47.3 Å². The molecule has 0 aliphatic heterocycles. The monoisotopic (exact) mass is 278 g/mol. The minimum Gasteiger partial charge on any atom is -0.392 e. The van der Waals surface area contributed by atoms with Crippen molar-refractivity contribution in [3.8, 4) is 5.69 Å². The third kappa shape index (κ3) is 2.58. The third-order valence-corrected chi connectivity index (χ3v) is 2.37. The molecular formula is C11H7F5N2O. The van der Waals surface area contributed by atoms with Gasteiger partial charge in [-0.1, -0.05) is 0 Å². The van der Waals surface area contributed by atoms with Crippen LogP contribution in [0.25, 0.3) is 5.69 Å². The lowest BCUT2D eigenvalue weighted by atomic mass is 10.2. The number of hydrogen-bond acceptors (Lipinski definition) is 2. The number of nitrogens with zero attached hydrogens (tertiary/aromatic N) is 2. The van der Waals surface area contributed by atoms with Crippen LogP contribution < -0.4 is 0 Å². The largest absolute Gasteiger partial charge is 0.435 e. The smallest absolute Gasteiger partial charge is 0.392 e. The van der Waals surface area contributed by atoms with Crippen LogP contribution in [0.4, 0.5) is 22.0 Å². The minimum absolute atomic E-state index is 0.0260. The fourth-order valence-electron chi connectivity index (χ4n) is 1.53. The van der Waals surface area contributed by atoms with Crippen LogP contribution in [0.2, 0.25) is 0 Å². The molecule has 102 valence electrons. The molecule has 1 N–H and O–H groups in total. The Morgan fingerprint density at radius 3 is 2.16 bits per heavy atom. The van der Waals surface area contributed by atoms with Gasteiger partial charge in [0.15, 0.2) is 17.3 Å².